The van der Waals surface area contributed by atoms with Crippen LogP contribution in [0.2, 0.25) is 0 Å². The molecule has 1 aliphatic rings. The van der Waals surface area contributed by atoms with Crippen LogP contribution in [0.25, 0.3) is 44.4 Å². The average Bonchev–Trinajstić information content (AvgIpc) is 2.91. The Kier molecular flexibility index (Phi) is 3.71. The van der Waals surface area contributed by atoms with Crippen LogP contribution < -0.4 is 0 Å². The Balaban J connectivity index is 0.00000157. The fraction of sp³-hybridized carbons (Fsp3) is 0. The summed E-state index contributed by atoms with van der Waals surface area (Å²) >= 11 is 0. The first-order valence-corrected chi connectivity index (χ1v) is 7.50. The van der Waals surface area contributed by atoms with Crippen LogP contribution in [0.1, 0.15) is 0 Å². The summed E-state index contributed by atoms with van der Waals surface area (Å²) in [4.78, 5) is 7.79. The van der Waals surface area contributed by atoms with Gasteiger partial charge in [0, 0.05) is 25.5 Å². The number of fused-ring (bicyclic) bond motifs is 3. The van der Waals surface area contributed by atoms with Crippen LogP contribution in [0, 0.1) is 18.0 Å². The molecule has 5 heteroatoms. The molecule has 0 saturated carbocycles. The van der Waals surface area contributed by atoms with Crippen molar-refractivity contribution in [2.75, 3.05) is 0 Å². The van der Waals surface area contributed by atoms with Crippen LogP contribution in [-0.2, 0) is 20.1 Å². The van der Waals surface area contributed by atoms with Gasteiger partial charge in [-0.05, 0) is 34.0 Å². The molecular weight excluding hydrogens is 498 g/mol. The number of pyridine rings is 2. The van der Waals surface area contributed by atoms with Gasteiger partial charge in [-0.2, -0.15) is 0 Å². The summed E-state index contributed by atoms with van der Waals surface area (Å²) in [7, 11) is 0. The van der Waals surface area contributed by atoms with Crippen molar-refractivity contribution < 1.29 is 28.9 Å². The van der Waals surface area contributed by atoms with Crippen molar-refractivity contribution in [3.8, 4) is 33.5 Å². The summed E-state index contributed by atoms with van der Waals surface area (Å²) in [6, 6.07) is 19.4. The van der Waals surface area contributed by atoms with Gasteiger partial charge in [0.15, 0.2) is 0 Å². The van der Waals surface area contributed by atoms with E-state index < -0.39 is 11.9 Å². The Bertz CT molecular complexity index is 1140. The van der Waals surface area contributed by atoms with Gasteiger partial charge in [-0.1, -0.05) is 54.1 Å². The second-order valence-corrected chi connectivity index (χ2v) is 5.69. The van der Waals surface area contributed by atoms with E-state index in [9.17, 15) is 8.78 Å². The van der Waals surface area contributed by atoms with E-state index in [2.05, 4.69) is 28.2 Å². The van der Waals surface area contributed by atoms with Gasteiger partial charge in [0.05, 0.1) is 5.52 Å². The van der Waals surface area contributed by atoms with E-state index in [1.807, 2.05) is 36.4 Å². The van der Waals surface area contributed by atoms with E-state index in [0.29, 0.717) is 5.69 Å². The van der Waals surface area contributed by atoms with Crippen molar-refractivity contribution in [3.63, 3.8) is 0 Å². The maximum absolute atomic E-state index is 14.1. The molecule has 2 nitrogen and oxygen atoms in total. The van der Waals surface area contributed by atoms with E-state index in [-0.39, 0.29) is 25.7 Å². The first-order chi connectivity index (χ1) is 11.7. The van der Waals surface area contributed by atoms with Crippen LogP contribution in [0.3, 0.4) is 0 Å². The normalized spacial score (nSPS) is 11.3. The molecule has 2 aromatic heterocycles. The molecule has 123 valence electrons. The number of aromatic nitrogens is 2. The maximum atomic E-state index is 14.1. The van der Waals surface area contributed by atoms with Crippen molar-refractivity contribution in [1.29, 1.82) is 0 Å². The molecule has 25 heavy (non-hydrogen) atoms. The zero-order chi connectivity index (χ0) is 16.3. The number of hydrogen-bond donors (Lipinski definition) is 0. The fourth-order valence-corrected chi connectivity index (χ4v) is 3.36. The monoisotopic (exact) mass is 508 g/mol. The molecule has 0 amide bonds. The molecule has 0 spiro atoms. The first-order valence-electron chi connectivity index (χ1n) is 7.50. The van der Waals surface area contributed by atoms with Crippen LogP contribution in [0.5, 0.6) is 0 Å². The Morgan fingerprint density at radius 1 is 0.800 bits per heavy atom. The smallest absolute Gasteiger partial charge is 0.128 e. The molecule has 0 atom stereocenters. The standard InChI is InChI=1S/C20H9F2N2.Ir/c21-18-9-8-14(20(22)24-18)17-10-15-12-5-2-1-4-11(12)13-6-3-7-16(23-17)19(13)15;/h1-7,9-10H;/q-1;. The van der Waals surface area contributed by atoms with E-state index in [1.54, 1.807) is 0 Å². The van der Waals surface area contributed by atoms with Gasteiger partial charge in [-0.15, -0.1) is 6.07 Å². The minimum atomic E-state index is -0.906. The molecule has 4 aromatic rings. The Labute approximate surface area is 155 Å². The Morgan fingerprint density at radius 3 is 2.28 bits per heavy atom. The molecule has 0 aliphatic heterocycles. The molecule has 0 unspecified atom stereocenters. The number of benzene rings is 2. The molecule has 0 saturated heterocycles. The van der Waals surface area contributed by atoms with Gasteiger partial charge in [0.2, 0.25) is 0 Å². The molecule has 1 radical (unpaired) electrons. The quantitative estimate of drug-likeness (QED) is 0.235. The van der Waals surface area contributed by atoms with Crippen molar-refractivity contribution >= 4 is 10.9 Å². The minimum absolute atomic E-state index is 0. The van der Waals surface area contributed by atoms with Gasteiger partial charge < -0.3 is 0 Å². The summed E-state index contributed by atoms with van der Waals surface area (Å²) in [6.45, 7) is 0. The molecule has 2 heterocycles. The Morgan fingerprint density at radius 2 is 1.52 bits per heavy atom. The first kappa shape index (κ1) is 16.0. The summed E-state index contributed by atoms with van der Waals surface area (Å²) in [6.07, 6.45) is 0. The predicted octanol–water partition coefficient (Wildman–Crippen LogP) is 5.02. The van der Waals surface area contributed by atoms with Gasteiger partial charge >= 0.3 is 0 Å². The van der Waals surface area contributed by atoms with Gasteiger partial charge in [-0.3, -0.25) is 9.97 Å². The minimum Gasteiger partial charge on any atom is -0.296 e. The van der Waals surface area contributed by atoms with Crippen molar-refractivity contribution in [2.45, 2.75) is 0 Å². The van der Waals surface area contributed by atoms with Crippen LogP contribution >= 0.6 is 0 Å². The fourth-order valence-electron chi connectivity index (χ4n) is 3.36. The Hall–Kier alpha value is -2.49. The van der Waals surface area contributed by atoms with Crippen LogP contribution in [-0.4, -0.2) is 9.97 Å². The molecule has 0 bridgehead atoms. The van der Waals surface area contributed by atoms with Crippen LogP contribution in [0.15, 0.2) is 54.6 Å². The summed E-state index contributed by atoms with van der Waals surface area (Å²) in [5.74, 6) is -1.80. The number of rotatable bonds is 1. The van der Waals surface area contributed by atoms with Gasteiger partial charge in [-0.25, -0.2) is 8.78 Å². The van der Waals surface area contributed by atoms with E-state index in [0.717, 1.165) is 39.2 Å². The maximum Gasteiger partial charge on any atom is 0.128 e. The molecule has 2 aromatic carbocycles. The third kappa shape index (κ3) is 2.31. The zero-order valence-corrected chi connectivity index (χ0v) is 15.1. The molecule has 1 aliphatic carbocycles. The van der Waals surface area contributed by atoms with E-state index in [1.165, 1.54) is 0 Å². The van der Waals surface area contributed by atoms with Crippen LogP contribution in [0.4, 0.5) is 8.78 Å². The zero-order valence-electron chi connectivity index (χ0n) is 12.7. The third-order valence-electron chi connectivity index (χ3n) is 4.34. The third-order valence-corrected chi connectivity index (χ3v) is 4.34. The van der Waals surface area contributed by atoms with Gasteiger partial charge in [0.1, 0.15) is 11.9 Å². The largest absolute Gasteiger partial charge is 0.296 e. The molecule has 0 N–H and O–H groups in total. The molecule has 0 fully saturated rings. The van der Waals surface area contributed by atoms with Gasteiger partial charge in [0.25, 0.3) is 0 Å². The predicted molar refractivity (Wildman–Crippen MR) is 88.2 cm³/mol. The average molecular weight is 508 g/mol. The summed E-state index contributed by atoms with van der Waals surface area (Å²) in [5.41, 5.74) is 5.59. The van der Waals surface area contributed by atoms with Crippen molar-refractivity contribution in [1.82, 2.24) is 9.97 Å². The second-order valence-electron chi connectivity index (χ2n) is 5.69. The number of nitrogens with zero attached hydrogens (tertiary/aromatic N) is 2. The summed E-state index contributed by atoms with van der Waals surface area (Å²) < 4.78 is 27.1. The summed E-state index contributed by atoms with van der Waals surface area (Å²) in [5, 5.41) is 1.05. The number of hydrogen-bond acceptors (Lipinski definition) is 2. The topological polar surface area (TPSA) is 25.8 Å². The SMILES string of the molecule is Fc1c[c-]c(-c2cc3c4c(cccc4n2)-c2ccccc2-3)c(F)n1.[Ir]. The van der Waals surface area contributed by atoms with E-state index in [4.69, 9.17) is 0 Å². The second kappa shape index (κ2) is 5.80. The molecule has 5 rings (SSSR count). The van der Waals surface area contributed by atoms with Crippen molar-refractivity contribution in [3.05, 3.63) is 72.6 Å². The van der Waals surface area contributed by atoms with E-state index >= 15 is 0 Å². The van der Waals surface area contributed by atoms with Crippen molar-refractivity contribution in [2.24, 2.45) is 0 Å². The number of halogens is 2. The molecular formula is C20H9F2IrN2-.